The number of fused-ring (bicyclic) bond motifs is 1. The number of amides is 2. The van der Waals surface area contributed by atoms with E-state index in [1.165, 1.54) is 4.68 Å². The summed E-state index contributed by atoms with van der Waals surface area (Å²) in [4.78, 5) is 52.0. The summed E-state index contributed by atoms with van der Waals surface area (Å²) in [5.74, 6) is -1.56. The van der Waals surface area contributed by atoms with Gasteiger partial charge < -0.3 is 10.0 Å². The zero-order chi connectivity index (χ0) is 23.5. The molecule has 0 aliphatic carbocycles. The zero-order valence-electron chi connectivity index (χ0n) is 18.7. The van der Waals surface area contributed by atoms with Gasteiger partial charge in [0.2, 0.25) is 5.91 Å². The summed E-state index contributed by atoms with van der Waals surface area (Å²) in [6, 6.07) is 4.93. The van der Waals surface area contributed by atoms with Crippen LogP contribution in [-0.4, -0.2) is 70.3 Å². The molecule has 1 atom stereocenters. The van der Waals surface area contributed by atoms with Crippen molar-refractivity contribution in [1.82, 2.24) is 20.0 Å². The first-order valence-corrected chi connectivity index (χ1v) is 11.4. The van der Waals surface area contributed by atoms with E-state index in [1.807, 2.05) is 19.1 Å². The lowest BCUT2D eigenvalue weighted by molar-refractivity contribution is -0.138. The quantitative estimate of drug-likeness (QED) is 0.469. The molecule has 1 aromatic heterocycles. The van der Waals surface area contributed by atoms with Gasteiger partial charge in [0.25, 0.3) is 11.5 Å². The van der Waals surface area contributed by atoms with E-state index in [-0.39, 0.29) is 30.7 Å². The number of piperazine rings is 1. The van der Waals surface area contributed by atoms with Crippen molar-refractivity contribution in [3.63, 3.8) is 0 Å². The highest BCUT2D eigenvalue weighted by Crippen LogP contribution is 2.25. The summed E-state index contributed by atoms with van der Waals surface area (Å²) >= 11 is 0. The van der Waals surface area contributed by atoms with Crippen molar-refractivity contribution < 1.29 is 19.5 Å². The number of hydrogen-bond donors (Lipinski definition) is 2. The molecule has 0 saturated carbocycles. The Balaban J connectivity index is 1.46. The van der Waals surface area contributed by atoms with Crippen LogP contribution < -0.4 is 15.8 Å². The fraction of sp³-hybridized carbons (Fsp3) is 0.522. The van der Waals surface area contributed by atoms with Gasteiger partial charge in [0.05, 0.1) is 11.1 Å². The summed E-state index contributed by atoms with van der Waals surface area (Å²) in [5.41, 5.74) is 1.35. The summed E-state index contributed by atoms with van der Waals surface area (Å²) in [6.07, 6.45) is 2.25. The molecule has 33 heavy (non-hydrogen) atoms. The number of hydrogen-bond acceptors (Lipinski definition) is 7. The molecule has 4 rings (SSSR count). The third-order valence-electron chi connectivity index (χ3n) is 6.45. The predicted octanol–water partition coefficient (Wildman–Crippen LogP) is 1.06. The number of nitrogens with one attached hydrogen (secondary N) is 1. The number of carboxylic acid groups (broad SMARTS) is 1. The van der Waals surface area contributed by atoms with E-state index in [4.69, 9.17) is 5.11 Å². The second kappa shape index (κ2) is 9.70. The van der Waals surface area contributed by atoms with Crippen LogP contribution in [0.3, 0.4) is 0 Å². The summed E-state index contributed by atoms with van der Waals surface area (Å²) < 4.78 is 1.21. The van der Waals surface area contributed by atoms with E-state index in [0.717, 1.165) is 50.2 Å². The van der Waals surface area contributed by atoms with Crippen molar-refractivity contribution in [2.45, 2.75) is 45.1 Å². The van der Waals surface area contributed by atoms with Gasteiger partial charge in [-0.1, -0.05) is 0 Å². The number of anilines is 1. The van der Waals surface area contributed by atoms with Gasteiger partial charge in [-0.3, -0.25) is 29.4 Å². The lowest BCUT2D eigenvalue weighted by Gasteiger charge is -2.36. The third-order valence-corrected chi connectivity index (χ3v) is 6.45. The number of imide groups is 1. The number of carbonyl (C=O) groups excluding carboxylic acids is 2. The number of carbonyl (C=O) groups is 3. The maximum absolute atomic E-state index is 13.1. The number of aliphatic carboxylic acids is 1. The highest BCUT2D eigenvalue weighted by Gasteiger charge is 2.30. The summed E-state index contributed by atoms with van der Waals surface area (Å²) in [6.45, 7) is 6.23. The SMILES string of the molecule is Cc1nn(C2CCC(=O)NC2=O)c(=O)c2ccc(N3CCN(CCCCC(=O)O)CC3)cc12. The minimum absolute atomic E-state index is 0.187. The number of benzene rings is 1. The first-order valence-electron chi connectivity index (χ1n) is 11.4. The van der Waals surface area contributed by atoms with Gasteiger partial charge in [-0.05, 0) is 50.9 Å². The van der Waals surface area contributed by atoms with Crippen molar-refractivity contribution in [3.8, 4) is 0 Å². The second-order valence-corrected chi connectivity index (χ2v) is 8.71. The van der Waals surface area contributed by atoms with Gasteiger partial charge in [0.15, 0.2) is 0 Å². The second-order valence-electron chi connectivity index (χ2n) is 8.71. The molecular formula is C23H29N5O5. The molecule has 2 aliphatic rings. The van der Waals surface area contributed by atoms with E-state index in [1.54, 1.807) is 6.07 Å². The van der Waals surface area contributed by atoms with Crippen LogP contribution in [0.15, 0.2) is 23.0 Å². The molecule has 0 bridgehead atoms. The van der Waals surface area contributed by atoms with E-state index in [9.17, 15) is 19.2 Å². The molecule has 2 N–H and O–H groups in total. The number of aromatic nitrogens is 2. The fourth-order valence-corrected chi connectivity index (χ4v) is 4.57. The minimum atomic E-state index is -0.776. The van der Waals surface area contributed by atoms with Gasteiger partial charge in [-0.2, -0.15) is 5.10 Å². The molecule has 1 unspecified atom stereocenters. The normalized spacial score (nSPS) is 19.7. The fourth-order valence-electron chi connectivity index (χ4n) is 4.57. The van der Waals surface area contributed by atoms with Crippen LogP contribution in [-0.2, 0) is 14.4 Å². The van der Waals surface area contributed by atoms with E-state index in [0.29, 0.717) is 17.5 Å². The van der Waals surface area contributed by atoms with Crippen LogP contribution >= 0.6 is 0 Å². The molecule has 10 nitrogen and oxygen atoms in total. The maximum atomic E-state index is 13.1. The van der Waals surface area contributed by atoms with Crippen molar-refractivity contribution in [3.05, 3.63) is 34.2 Å². The molecule has 0 radical (unpaired) electrons. The van der Waals surface area contributed by atoms with E-state index in [2.05, 4.69) is 20.2 Å². The largest absolute Gasteiger partial charge is 0.481 e. The number of rotatable bonds is 7. The summed E-state index contributed by atoms with van der Waals surface area (Å²) in [5, 5.41) is 16.7. The number of nitrogens with zero attached hydrogens (tertiary/aromatic N) is 4. The Morgan fingerprint density at radius 2 is 1.88 bits per heavy atom. The lowest BCUT2D eigenvalue weighted by Crippen LogP contribution is -2.46. The van der Waals surface area contributed by atoms with Crippen molar-refractivity contribution in [2.24, 2.45) is 0 Å². The highest BCUT2D eigenvalue weighted by molar-refractivity contribution is 5.99. The molecule has 176 valence electrons. The van der Waals surface area contributed by atoms with Crippen molar-refractivity contribution >= 4 is 34.2 Å². The Bertz CT molecular complexity index is 1140. The molecule has 2 aliphatic heterocycles. The predicted molar refractivity (Wildman–Crippen MR) is 122 cm³/mol. The molecular weight excluding hydrogens is 426 g/mol. The maximum Gasteiger partial charge on any atom is 0.303 e. The molecule has 1 aromatic carbocycles. The van der Waals surface area contributed by atoms with Gasteiger partial charge in [0.1, 0.15) is 6.04 Å². The molecule has 10 heteroatoms. The average molecular weight is 456 g/mol. The highest BCUT2D eigenvalue weighted by atomic mass is 16.4. The Hall–Kier alpha value is -3.27. The topological polar surface area (TPSA) is 125 Å². The Labute approximate surface area is 191 Å². The standard InChI is InChI=1S/C23H29N5O5/c1-15-18-14-16(27-12-10-26(11-13-27)9-3-2-4-21(30)31)5-6-17(18)23(33)28(25-15)19-7-8-20(29)24-22(19)32/h5-6,14,19H,2-4,7-13H2,1H3,(H,30,31)(H,24,29,32). The van der Waals surface area contributed by atoms with Crippen LogP contribution in [0.2, 0.25) is 0 Å². The van der Waals surface area contributed by atoms with Crippen LogP contribution in [0, 0.1) is 6.92 Å². The molecule has 2 fully saturated rings. The van der Waals surface area contributed by atoms with Crippen molar-refractivity contribution in [2.75, 3.05) is 37.6 Å². The average Bonchev–Trinajstić information content (AvgIpc) is 2.79. The smallest absolute Gasteiger partial charge is 0.303 e. The Kier molecular flexibility index (Phi) is 6.73. The number of carboxylic acids is 1. The number of aryl methyl sites for hydroxylation is 1. The van der Waals surface area contributed by atoms with Crippen LogP contribution in [0.1, 0.15) is 43.8 Å². The number of unbranched alkanes of at least 4 members (excludes halogenated alkanes) is 1. The molecule has 3 heterocycles. The van der Waals surface area contributed by atoms with Crippen molar-refractivity contribution in [1.29, 1.82) is 0 Å². The molecule has 2 aromatic rings. The summed E-state index contributed by atoms with van der Waals surface area (Å²) in [7, 11) is 0. The molecule has 0 spiro atoms. The Morgan fingerprint density at radius 3 is 2.58 bits per heavy atom. The zero-order valence-corrected chi connectivity index (χ0v) is 18.7. The monoisotopic (exact) mass is 455 g/mol. The van der Waals surface area contributed by atoms with Crippen LogP contribution in [0.4, 0.5) is 5.69 Å². The van der Waals surface area contributed by atoms with Gasteiger partial charge in [-0.25, -0.2) is 4.68 Å². The van der Waals surface area contributed by atoms with E-state index < -0.39 is 17.9 Å². The third kappa shape index (κ3) is 5.05. The van der Waals surface area contributed by atoms with Gasteiger partial charge >= 0.3 is 5.97 Å². The van der Waals surface area contributed by atoms with Crippen LogP contribution in [0.25, 0.3) is 10.8 Å². The van der Waals surface area contributed by atoms with Gasteiger partial charge in [0, 0.05) is 50.1 Å². The molecule has 2 saturated heterocycles. The minimum Gasteiger partial charge on any atom is -0.481 e. The first-order chi connectivity index (χ1) is 15.8. The number of piperidine rings is 1. The van der Waals surface area contributed by atoms with Crippen LogP contribution in [0.5, 0.6) is 0 Å². The Morgan fingerprint density at radius 1 is 1.12 bits per heavy atom. The lowest BCUT2D eigenvalue weighted by atomic mass is 10.1. The first kappa shape index (κ1) is 22.9. The van der Waals surface area contributed by atoms with E-state index >= 15 is 0 Å². The van der Waals surface area contributed by atoms with Gasteiger partial charge in [-0.15, -0.1) is 0 Å². The molecule has 2 amide bonds.